The van der Waals surface area contributed by atoms with E-state index in [4.69, 9.17) is 4.74 Å². The van der Waals surface area contributed by atoms with E-state index in [0.717, 1.165) is 88.5 Å². The van der Waals surface area contributed by atoms with Crippen LogP contribution in [0.4, 0.5) is 5.69 Å². The van der Waals surface area contributed by atoms with E-state index in [-0.39, 0.29) is 10.8 Å². The van der Waals surface area contributed by atoms with Crippen LogP contribution >= 0.6 is 0 Å². The predicted octanol–water partition coefficient (Wildman–Crippen LogP) is 22.8. The lowest BCUT2D eigenvalue weighted by Crippen LogP contribution is -2.36. The summed E-state index contributed by atoms with van der Waals surface area (Å²) in [7, 11) is 0. The highest BCUT2D eigenvalue weighted by atomic mass is 16.5. The number of aromatic nitrogens is 1. The van der Waals surface area contributed by atoms with Crippen molar-refractivity contribution in [1.82, 2.24) is 4.57 Å². The fourth-order valence-electron chi connectivity index (χ4n) is 15.8. The molecule has 0 bridgehead atoms. The topological polar surface area (TPSA) is 17.4 Å². The Labute approximate surface area is 526 Å². The monoisotopic (exact) mass is 1150 g/mol. The van der Waals surface area contributed by atoms with Gasteiger partial charge in [0, 0.05) is 51.5 Å². The summed E-state index contributed by atoms with van der Waals surface area (Å²) in [5, 5.41) is 2.60. The van der Waals surface area contributed by atoms with Crippen LogP contribution in [-0.4, -0.2) is 17.3 Å². The summed E-state index contributed by atoms with van der Waals surface area (Å²) in [6.45, 7) is 22.2. The number of rotatable bonds is 20. The molecule has 1 heterocycles. The molecule has 3 nitrogen and oxygen atoms in total. The summed E-state index contributed by atoms with van der Waals surface area (Å²) in [5.41, 5.74) is 22.6. The zero-order chi connectivity index (χ0) is 60.4. The van der Waals surface area contributed by atoms with Crippen molar-refractivity contribution < 1.29 is 4.74 Å². The standard InChI is InChI=1S/C85H90N2O/c1-8-59-24-30-65(31-25-59)67-38-52-82-78(55-67)79-56-68(39-53-83(79)87(82)73-42-26-60(9-2)27-43-73)66-36-46-72(47-37-66)86(71-44-34-64(35-45-71)63-32-40-69(41-33-63)84(5,6)7)74-48-51-77-76-22-15-16-23-80(76)85(81(77)57-74,70-20-13-12-14-21-70)54-18-17-19-62(11-4)58-88-75-49-28-61(10-3)29-50-75/h8-10,12-16,20,22-24,26-28,30-35,38-46,48,52-53,55-57,59,62,66,70,75,77H,1-3,11,17-19,21,25,29,36-37,47,49-51,54,58H2,4-7H3. The second kappa shape index (κ2) is 25.6. The fraction of sp³-hybridized carbons (Fsp3) is 0.318. The van der Waals surface area contributed by atoms with Crippen LogP contribution in [0.1, 0.15) is 163 Å². The molecular formula is C85H90N2O. The Morgan fingerprint density at radius 1 is 0.705 bits per heavy atom. The number of ether oxygens (including phenoxy) is 1. The summed E-state index contributed by atoms with van der Waals surface area (Å²) in [5.74, 6) is 2.10. The van der Waals surface area contributed by atoms with Gasteiger partial charge in [-0.15, -0.1) is 6.58 Å². The van der Waals surface area contributed by atoms with Crippen molar-refractivity contribution in [3.05, 3.63) is 288 Å². The second-order valence-electron chi connectivity index (χ2n) is 27.1. The molecular weight excluding hydrogens is 1060 g/mol. The first-order valence-corrected chi connectivity index (χ1v) is 33.3. The average Bonchev–Trinajstić information content (AvgIpc) is 1.59. The van der Waals surface area contributed by atoms with Crippen molar-refractivity contribution in [3.8, 4) is 16.8 Å². The number of benzene rings is 6. The molecule has 446 valence electrons. The number of fused-ring (bicyclic) bond motifs is 6. The third kappa shape index (κ3) is 11.7. The van der Waals surface area contributed by atoms with Gasteiger partial charge in [0.1, 0.15) is 0 Å². The maximum atomic E-state index is 6.63. The molecule has 0 fully saturated rings. The van der Waals surface area contributed by atoms with Crippen molar-refractivity contribution in [2.45, 2.75) is 146 Å². The molecule has 7 atom stereocenters. The Kier molecular flexibility index (Phi) is 17.2. The first-order valence-electron chi connectivity index (χ1n) is 33.3. The van der Waals surface area contributed by atoms with E-state index >= 15 is 0 Å². The highest BCUT2D eigenvalue weighted by Gasteiger charge is 2.52. The molecule has 6 aromatic carbocycles. The summed E-state index contributed by atoms with van der Waals surface area (Å²) >= 11 is 0. The van der Waals surface area contributed by atoms with Crippen molar-refractivity contribution in [2.24, 2.45) is 17.8 Å². The van der Waals surface area contributed by atoms with Gasteiger partial charge in [0.05, 0.1) is 17.1 Å². The van der Waals surface area contributed by atoms with Crippen LogP contribution in [0.15, 0.2) is 255 Å². The van der Waals surface area contributed by atoms with Gasteiger partial charge in [0.25, 0.3) is 0 Å². The maximum Gasteiger partial charge on any atom is 0.0613 e. The van der Waals surface area contributed by atoms with Crippen LogP contribution in [-0.2, 0) is 15.6 Å². The van der Waals surface area contributed by atoms with Crippen LogP contribution in [0.25, 0.3) is 50.3 Å². The number of unbranched alkanes of at least 4 members (excludes halogenated alkanes) is 1. The lowest BCUT2D eigenvalue weighted by molar-refractivity contribution is 0.0204. The van der Waals surface area contributed by atoms with E-state index in [2.05, 4.69) is 263 Å². The highest BCUT2D eigenvalue weighted by molar-refractivity contribution is 6.10. The maximum absolute atomic E-state index is 6.63. The quantitative estimate of drug-likeness (QED) is 0.0559. The van der Waals surface area contributed by atoms with Gasteiger partial charge in [0.15, 0.2) is 0 Å². The van der Waals surface area contributed by atoms with Crippen molar-refractivity contribution >= 4 is 39.1 Å². The Morgan fingerprint density at radius 2 is 1.48 bits per heavy atom. The number of anilines is 1. The van der Waals surface area contributed by atoms with Crippen LogP contribution in [0.5, 0.6) is 0 Å². The Morgan fingerprint density at radius 3 is 2.16 bits per heavy atom. The van der Waals surface area contributed by atoms with E-state index in [1.54, 1.807) is 11.1 Å². The second-order valence-corrected chi connectivity index (χ2v) is 27.1. The number of allylic oxidation sites excluding steroid dienone is 16. The van der Waals surface area contributed by atoms with Gasteiger partial charge >= 0.3 is 0 Å². The molecule has 7 unspecified atom stereocenters. The molecule has 0 saturated heterocycles. The Bertz CT molecular complexity index is 4000. The molecule has 6 aliphatic rings. The lowest BCUT2D eigenvalue weighted by atomic mass is 9.62. The van der Waals surface area contributed by atoms with E-state index in [0.29, 0.717) is 35.7 Å². The van der Waals surface area contributed by atoms with E-state index in [1.807, 2.05) is 12.2 Å². The van der Waals surface area contributed by atoms with Crippen molar-refractivity contribution in [1.29, 1.82) is 0 Å². The van der Waals surface area contributed by atoms with Crippen LogP contribution in [0.2, 0.25) is 0 Å². The molecule has 6 aliphatic carbocycles. The van der Waals surface area contributed by atoms with E-state index in [1.165, 1.54) is 103 Å². The SMILES string of the molecule is C=CC1=CCC(OCC(CC)CCCCC2(C3C=CC=CC3)C3=CC(N(C4=CCC(c5ccc6c(c5)c5cc(C7=CCC(C=C)C=C7)ccc5n6-c5ccc(C=C)cc5)CC4)c4ccc(-c5ccc(C(C)(C)C)cc5)cc4)=CCC3c3ccccc32)CC1. The molecule has 3 heteroatoms. The van der Waals surface area contributed by atoms with Gasteiger partial charge in [0.2, 0.25) is 0 Å². The molecule has 0 N–H and O–H groups in total. The smallest absolute Gasteiger partial charge is 0.0613 e. The van der Waals surface area contributed by atoms with Crippen molar-refractivity contribution in [2.75, 3.05) is 11.5 Å². The van der Waals surface area contributed by atoms with E-state index in [9.17, 15) is 0 Å². The number of hydrogen-bond acceptors (Lipinski definition) is 2. The van der Waals surface area contributed by atoms with Gasteiger partial charge in [-0.3, -0.25) is 0 Å². The third-order valence-corrected chi connectivity index (χ3v) is 21.0. The minimum atomic E-state index is -0.103. The molecule has 0 radical (unpaired) electrons. The highest BCUT2D eigenvalue weighted by Crippen LogP contribution is 2.61. The summed E-state index contributed by atoms with van der Waals surface area (Å²) < 4.78 is 9.09. The number of nitrogens with zero attached hydrogens (tertiary/aromatic N) is 2. The van der Waals surface area contributed by atoms with Gasteiger partial charge in [-0.25, -0.2) is 0 Å². The molecule has 0 aliphatic heterocycles. The molecule has 88 heavy (non-hydrogen) atoms. The zero-order valence-corrected chi connectivity index (χ0v) is 52.8. The number of hydrogen-bond donors (Lipinski definition) is 0. The Hall–Kier alpha value is -7.98. The van der Waals surface area contributed by atoms with E-state index < -0.39 is 0 Å². The Balaban J connectivity index is 0.842. The fourth-order valence-corrected chi connectivity index (χ4v) is 15.8. The van der Waals surface area contributed by atoms with Crippen LogP contribution < -0.4 is 4.90 Å². The average molecular weight is 1160 g/mol. The first-order chi connectivity index (χ1) is 43.0. The van der Waals surface area contributed by atoms with Gasteiger partial charge in [-0.2, -0.15) is 0 Å². The zero-order valence-electron chi connectivity index (χ0n) is 52.8. The minimum Gasteiger partial charge on any atom is -0.378 e. The van der Waals surface area contributed by atoms with Crippen LogP contribution in [0.3, 0.4) is 0 Å². The van der Waals surface area contributed by atoms with Gasteiger partial charge in [-0.05, 0) is 210 Å². The molecule has 0 amide bonds. The molecule has 13 rings (SSSR count). The normalized spacial score (nSPS) is 22.7. The summed E-state index contributed by atoms with van der Waals surface area (Å²) in [6.07, 6.45) is 48.3. The molecule has 1 aromatic heterocycles. The summed E-state index contributed by atoms with van der Waals surface area (Å²) in [4.78, 5) is 2.67. The first kappa shape index (κ1) is 59.0. The summed E-state index contributed by atoms with van der Waals surface area (Å²) in [6, 6.07) is 51.6. The third-order valence-electron chi connectivity index (χ3n) is 21.0. The molecule has 7 aromatic rings. The van der Waals surface area contributed by atoms with Gasteiger partial charge < -0.3 is 14.2 Å². The predicted molar refractivity (Wildman–Crippen MR) is 376 cm³/mol. The lowest BCUT2D eigenvalue weighted by Gasteiger charge is -2.42. The van der Waals surface area contributed by atoms with Crippen molar-refractivity contribution in [3.63, 3.8) is 0 Å². The minimum absolute atomic E-state index is 0.103. The van der Waals surface area contributed by atoms with Gasteiger partial charge in [-0.1, -0.05) is 230 Å². The van der Waals surface area contributed by atoms with Crippen LogP contribution in [0, 0.1) is 17.8 Å². The largest absolute Gasteiger partial charge is 0.378 e. The molecule has 0 saturated carbocycles. The molecule has 0 spiro atoms.